The van der Waals surface area contributed by atoms with Gasteiger partial charge in [0.1, 0.15) is 11.6 Å². The number of H-pyrrole nitrogens is 1. The highest BCUT2D eigenvalue weighted by atomic mass is 16.6. The molecule has 0 fully saturated rings. The van der Waals surface area contributed by atoms with E-state index in [0.717, 1.165) is 22.2 Å². The second-order valence-electron chi connectivity index (χ2n) is 13.4. The maximum atomic E-state index is 12.4. The van der Waals surface area contributed by atoms with Crippen LogP contribution in [-0.4, -0.2) is 33.8 Å². The van der Waals surface area contributed by atoms with Crippen molar-refractivity contribution in [2.45, 2.75) is 117 Å². The molecule has 1 aromatic carbocycles. The van der Waals surface area contributed by atoms with Crippen LogP contribution in [-0.2, 0) is 32.2 Å². The molecule has 0 aliphatic carbocycles. The average molecular weight is 473 g/mol. The van der Waals surface area contributed by atoms with Gasteiger partial charge in [-0.25, -0.2) is 9.59 Å². The van der Waals surface area contributed by atoms with Crippen molar-refractivity contribution in [3.05, 3.63) is 34.5 Å². The van der Waals surface area contributed by atoms with E-state index in [2.05, 4.69) is 84.7 Å². The number of ether oxygens (including phenoxy) is 1. The fraction of sp³-hybridized carbons (Fsp3) is 0.643. The molecule has 6 nitrogen and oxygen atoms in total. The van der Waals surface area contributed by atoms with Crippen LogP contribution in [0.4, 0.5) is 4.79 Å². The summed E-state index contributed by atoms with van der Waals surface area (Å²) >= 11 is 0. The van der Waals surface area contributed by atoms with Crippen molar-refractivity contribution < 1.29 is 19.4 Å². The summed E-state index contributed by atoms with van der Waals surface area (Å²) < 4.78 is 5.33. The summed E-state index contributed by atoms with van der Waals surface area (Å²) in [5.74, 6) is -1.09. The molecule has 0 radical (unpaired) electrons. The molecule has 0 bridgehead atoms. The number of carboxylic acid groups (broad SMARTS) is 1. The number of benzene rings is 1. The first-order valence-corrected chi connectivity index (χ1v) is 12.0. The highest BCUT2D eigenvalue weighted by molar-refractivity contribution is 5.91. The van der Waals surface area contributed by atoms with E-state index in [1.54, 1.807) is 20.8 Å². The molecule has 0 spiro atoms. The van der Waals surface area contributed by atoms with Crippen molar-refractivity contribution in [1.82, 2.24) is 10.3 Å². The average Bonchev–Trinajstić information content (AvgIpc) is 2.95. The van der Waals surface area contributed by atoms with Gasteiger partial charge in [-0.1, -0.05) is 68.4 Å². The Balaban J connectivity index is 2.76. The topological polar surface area (TPSA) is 91.4 Å². The SMILES string of the molecule is CC(C)(C)OC(=O)N[C@@H](Cc1c(C(C)(C)C)[nH]c2c(C(C)(C)C)cc(C(C)(C)C)cc12)C(=O)O. The van der Waals surface area contributed by atoms with E-state index in [0.29, 0.717) is 0 Å². The van der Waals surface area contributed by atoms with Gasteiger partial charge in [0.15, 0.2) is 0 Å². The Labute approximate surface area is 204 Å². The first kappa shape index (κ1) is 27.7. The van der Waals surface area contributed by atoms with E-state index in [4.69, 9.17) is 4.74 Å². The second-order valence-corrected chi connectivity index (χ2v) is 13.4. The third kappa shape index (κ3) is 6.55. The summed E-state index contributed by atoms with van der Waals surface area (Å²) in [7, 11) is 0. The molecule has 190 valence electrons. The van der Waals surface area contributed by atoms with E-state index < -0.39 is 23.7 Å². The van der Waals surface area contributed by atoms with Gasteiger partial charge in [0.2, 0.25) is 0 Å². The Hall–Kier alpha value is -2.50. The number of fused-ring (bicyclic) bond motifs is 1. The molecule has 6 heteroatoms. The Morgan fingerprint density at radius 3 is 1.88 bits per heavy atom. The summed E-state index contributed by atoms with van der Waals surface area (Å²) in [4.78, 5) is 28.3. The van der Waals surface area contributed by atoms with Crippen LogP contribution in [0.1, 0.15) is 105 Å². The van der Waals surface area contributed by atoms with Crippen LogP contribution in [0.15, 0.2) is 12.1 Å². The number of hydrogen-bond donors (Lipinski definition) is 3. The molecule has 0 saturated carbocycles. The highest BCUT2D eigenvalue weighted by Crippen LogP contribution is 2.40. The summed E-state index contributed by atoms with van der Waals surface area (Å²) in [6, 6.07) is 3.33. The molecule has 1 amide bonds. The van der Waals surface area contributed by atoms with Crippen LogP contribution < -0.4 is 5.32 Å². The van der Waals surface area contributed by atoms with Crippen LogP contribution in [0.5, 0.6) is 0 Å². The Bertz CT molecular complexity index is 1070. The number of hydrogen-bond acceptors (Lipinski definition) is 3. The zero-order chi connectivity index (χ0) is 26.4. The molecule has 34 heavy (non-hydrogen) atoms. The molecule has 0 aliphatic rings. The molecule has 1 heterocycles. The van der Waals surface area contributed by atoms with Gasteiger partial charge in [-0.2, -0.15) is 0 Å². The van der Waals surface area contributed by atoms with Crippen LogP contribution in [0, 0.1) is 0 Å². The molecular formula is C28H44N2O4. The molecule has 2 aromatic rings. The third-order valence-electron chi connectivity index (χ3n) is 5.84. The number of aromatic nitrogens is 1. The van der Waals surface area contributed by atoms with E-state index in [1.165, 1.54) is 11.1 Å². The lowest BCUT2D eigenvalue weighted by Gasteiger charge is -2.26. The minimum atomic E-state index is -1.12. The first-order chi connectivity index (χ1) is 15.1. The van der Waals surface area contributed by atoms with Crippen LogP contribution in [0.2, 0.25) is 0 Å². The van der Waals surface area contributed by atoms with Crippen molar-refractivity contribution in [3.63, 3.8) is 0 Å². The molecule has 3 N–H and O–H groups in total. The van der Waals surface area contributed by atoms with Gasteiger partial charge in [-0.15, -0.1) is 0 Å². The van der Waals surface area contributed by atoms with E-state index in [9.17, 15) is 14.7 Å². The predicted octanol–water partition coefficient (Wildman–Crippen LogP) is 6.58. The number of aliphatic carboxylic acids is 1. The van der Waals surface area contributed by atoms with E-state index in [1.807, 2.05) is 0 Å². The number of rotatable bonds is 4. The van der Waals surface area contributed by atoms with Gasteiger partial charge in [-0.3, -0.25) is 0 Å². The lowest BCUT2D eigenvalue weighted by atomic mass is 9.78. The molecule has 1 aromatic heterocycles. The quantitative estimate of drug-likeness (QED) is 0.469. The summed E-state index contributed by atoms with van der Waals surface area (Å²) in [6.45, 7) is 24.7. The third-order valence-corrected chi connectivity index (χ3v) is 5.84. The maximum Gasteiger partial charge on any atom is 0.408 e. The molecule has 0 aliphatic heterocycles. The largest absolute Gasteiger partial charge is 0.480 e. The highest BCUT2D eigenvalue weighted by Gasteiger charge is 2.32. The monoisotopic (exact) mass is 472 g/mol. The van der Waals surface area contributed by atoms with Crippen molar-refractivity contribution in [3.8, 4) is 0 Å². The standard InChI is InChI=1S/C28H44N2O4/c1-25(2,3)16-13-17-18(15-20(23(31)32)29-24(33)34-28(10,11)12)22(27(7,8)9)30-21(17)19(14-16)26(4,5)6/h13-14,20,30H,15H2,1-12H3,(H,29,33)(H,31,32)/t20-/m0/s1. The fourth-order valence-corrected chi connectivity index (χ4v) is 4.08. The molecule has 2 rings (SSSR count). The number of alkyl carbamates (subject to hydrolysis) is 1. The summed E-state index contributed by atoms with van der Waals surface area (Å²) in [5, 5.41) is 13.6. The van der Waals surface area contributed by atoms with Gasteiger partial charge >= 0.3 is 12.1 Å². The smallest absolute Gasteiger partial charge is 0.408 e. The molecular weight excluding hydrogens is 428 g/mol. The number of carbonyl (C=O) groups is 2. The lowest BCUT2D eigenvalue weighted by molar-refractivity contribution is -0.139. The normalized spacial score (nSPS) is 14.2. The van der Waals surface area contributed by atoms with Gasteiger partial charge in [-0.05, 0) is 54.4 Å². The number of carbonyl (C=O) groups excluding carboxylic acids is 1. The van der Waals surface area contributed by atoms with Crippen molar-refractivity contribution in [2.75, 3.05) is 0 Å². The molecule has 0 unspecified atom stereocenters. The van der Waals surface area contributed by atoms with E-state index in [-0.39, 0.29) is 22.7 Å². The predicted molar refractivity (Wildman–Crippen MR) is 139 cm³/mol. The van der Waals surface area contributed by atoms with Crippen LogP contribution in [0.3, 0.4) is 0 Å². The lowest BCUT2D eigenvalue weighted by Crippen LogP contribution is -2.44. The van der Waals surface area contributed by atoms with Crippen LogP contribution >= 0.6 is 0 Å². The van der Waals surface area contributed by atoms with E-state index >= 15 is 0 Å². The zero-order valence-electron chi connectivity index (χ0n) is 23.1. The minimum Gasteiger partial charge on any atom is -0.480 e. The Morgan fingerprint density at radius 2 is 1.47 bits per heavy atom. The van der Waals surface area contributed by atoms with Gasteiger partial charge in [0.05, 0.1) is 0 Å². The Morgan fingerprint density at radius 1 is 0.912 bits per heavy atom. The summed E-state index contributed by atoms with van der Waals surface area (Å²) in [5.41, 5.74) is 4.16. The van der Waals surface area contributed by atoms with Gasteiger partial charge < -0.3 is 20.1 Å². The van der Waals surface area contributed by atoms with Crippen molar-refractivity contribution in [1.29, 1.82) is 0 Å². The number of nitrogens with one attached hydrogen (secondary N) is 2. The fourth-order valence-electron chi connectivity index (χ4n) is 4.08. The number of aromatic amines is 1. The van der Waals surface area contributed by atoms with Crippen LogP contribution in [0.25, 0.3) is 10.9 Å². The zero-order valence-corrected chi connectivity index (χ0v) is 23.1. The van der Waals surface area contributed by atoms with Gasteiger partial charge in [0.25, 0.3) is 0 Å². The summed E-state index contributed by atoms with van der Waals surface area (Å²) in [6.07, 6.45) is -0.582. The number of carboxylic acids is 1. The van der Waals surface area contributed by atoms with Crippen molar-refractivity contribution in [2.24, 2.45) is 0 Å². The first-order valence-electron chi connectivity index (χ1n) is 12.0. The number of amides is 1. The minimum absolute atomic E-state index is 0.0778. The Kier molecular flexibility index (Phi) is 7.29. The molecule has 1 atom stereocenters. The maximum absolute atomic E-state index is 12.4. The van der Waals surface area contributed by atoms with Gasteiger partial charge in [0, 0.05) is 28.4 Å². The van der Waals surface area contributed by atoms with Crippen molar-refractivity contribution >= 4 is 23.0 Å². The second kappa shape index (κ2) is 8.94. The molecule has 0 saturated heterocycles.